The summed E-state index contributed by atoms with van der Waals surface area (Å²) in [7, 11) is 1.73. The van der Waals surface area contributed by atoms with Crippen LogP contribution in [0.15, 0.2) is 94.7 Å². The van der Waals surface area contributed by atoms with Crippen LogP contribution in [-0.2, 0) is 7.05 Å². The molecular weight excluding hydrogens is 398 g/mol. The molecule has 3 aromatic carbocycles. The van der Waals surface area contributed by atoms with E-state index in [0.29, 0.717) is 23.0 Å². The Bertz CT molecular complexity index is 1420. The zero-order valence-corrected chi connectivity index (χ0v) is 17.7. The molecule has 0 saturated carbocycles. The average Bonchev–Trinajstić information content (AvgIpc) is 3.01. The van der Waals surface area contributed by atoms with Gasteiger partial charge in [0.15, 0.2) is 0 Å². The van der Waals surface area contributed by atoms with Crippen molar-refractivity contribution >= 4 is 34.1 Å². The molecule has 0 saturated heterocycles. The molecule has 5 rings (SSSR count). The van der Waals surface area contributed by atoms with Gasteiger partial charge in [-0.05, 0) is 29.8 Å². The largest absolute Gasteiger partial charge is 0.506 e. The second kappa shape index (κ2) is 8.19. The van der Waals surface area contributed by atoms with Crippen molar-refractivity contribution in [3.05, 3.63) is 106 Å². The van der Waals surface area contributed by atoms with Crippen molar-refractivity contribution in [1.82, 2.24) is 4.57 Å². The van der Waals surface area contributed by atoms with E-state index in [1.54, 1.807) is 11.6 Å². The highest BCUT2D eigenvalue weighted by Gasteiger charge is 2.24. The van der Waals surface area contributed by atoms with Crippen LogP contribution in [0.25, 0.3) is 17.0 Å². The van der Waals surface area contributed by atoms with Gasteiger partial charge >= 0.3 is 0 Å². The van der Waals surface area contributed by atoms with Gasteiger partial charge < -0.3 is 15.0 Å². The van der Waals surface area contributed by atoms with Gasteiger partial charge in [0.1, 0.15) is 11.3 Å². The first kappa shape index (κ1) is 19.8. The first-order chi connectivity index (χ1) is 15.6. The monoisotopic (exact) mass is 421 g/mol. The van der Waals surface area contributed by atoms with Crippen LogP contribution in [0, 0.1) is 0 Å². The highest BCUT2D eigenvalue weighted by atomic mass is 16.3. The number of rotatable bonds is 3. The summed E-state index contributed by atoms with van der Waals surface area (Å²) >= 11 is 0. The van der Waals surface area contributed by atoms with Crippen LogP contribution >= 0.6 is 0 Å². The highest BCUT2D eigenvalue weighted by Crippen LogP contribution is 2.33. The van der Waals surface area contributed by atoms with Crippen molar-refractivity contribution in [2.45, 2.75) is 12.5 Å². The van der Waals surface area contributed by atoms with Gasteiger partial charge in [0.05, 0.1) is 28.6 Å². The Labute approximate surface area is 186 Å². The Morgan fingerprint density at radius 1 is 1.00 bits per heavy atom. The van der Waals surface area contributed by atoms with Gasteiger partial charge in [-0.2, -0.15) is 0 Å². The molecule has 0 unspecified atom stereocenters. The third-order valence-corrected chi connectivity index (χ3v) is 5.80. The first-order valence-electron chi connectivity index (χ1n) is 10.6. The van der Waals surface area contributed by atoms with Gasteiger partial charge in [-0.1, -0.05) is 66.7 Å². The minimum atomic E-state index is -0.259. The van der Waals surface area contributed by atoms with E-state index in [-0.39, 0.29) is 22.9 Å². The molecule has 2 N–H and O–H groups in total. The maximum atomic E-state index is 13.3. The summed E-state index contributed by atoms with van der Waals surface area (Å²) in [6.07, 6.45) is 4.59. The molecule has 5 heteroatoms. The van der Waals surface area contributed by atoms with E-state index >= 15 is 0 Å². The summed E-state index contributed by atoms with van der Waals surface area (Å²) < 4.78 is 1.58. The minimum absolute atomic E-state index is 0.0207. The quantitative estimate of drug-likeness (QED) is 0.474. The molecule has 5 nitrogen and oxygen atoms in total. The van der Waals surface area contributed by atoms with Crippen molar-refractivity contribution in [3.8, 4) is 5.75 Å². The van der Waals surface area contributed by atoms with Crippen molar-refractivity contribution in [3.63, 3.8) is 0 Å². The molecule has 1 aromatic heterocycles. The lowest BCUT2D eigenvalue weighted by molar-refractivity contribution is 0.478. The molecule has 0 spiro atoms. The second-order valence-electron chi connectivity index (χ2n) is 7.91. The fourth-order valence-electron chi connectivity index (χ4n) is 4.15. The van der Waals surface area contributed by atoms with E-state index in [4.69, 9.17) is 4.99 Å². The van der Waals surface area contributed by atoms with E-state index in [1.807, 2.05) is 78.9 Å². The molecule has 0 bridgehead atoms. The first-order valence-corrected chi connectivity index (χ1v) is 10.6. The van der Waals surface area contributed by atoms with E-state index in [0.717, 1.165) is 16.9 Å². The van der Waals surface area contributed by atoms with Crippen LogP contribution in [0.4, 0.5) is 11.4 Å². The summed E-state index contributed by atoms with van der Waals surface area (Å²) in [5, 5.41) is 15.3. The molecule has 1 aliphatic heterocycles. The molecule has 0 radical (unpaired) electrons. The van der Waals surface area contributed by atoms with Gasteiger partial charge in [-0.25, -0.2) is 0 Å². The fraction of sp³-hybridized carbons (Fsp3) is 0.111. The standard InChI is InChI=1S/C27H23N3O2/c1-30-24-14-8-5-11-20(24)26(31)25(27(30)32)23-17-19(16-15-18-9-3-2-4-10-18)28-21-12-6-7-13-22(21)29-23/h2-16,19,28,31H,17H2,1H3/b16-15+/t19-/m0/s1. The smallest absolute Gasteiger partial charge is 0.263 e. The number of pyridine rings is 1. The van der Waals surface area contributed by atoms with Crippen molar-refractivity contribution in [2.24, 2.45) is 12.0 Å². The van der Waals surface area contributed by atoms with Gasteiger partial charge in [-0.3, -0.25) is 9.79 Å². The minimum Gasteiger partial charge on any atom is -0.506 e. The molecular formula is C27H23N3O2. The summed E-state index contributed by atoms with van der Waals surface area (Å²) in [5.41, 5.74) is 3.97. The number of hydrogen-bond donors (Lipinski definition) is 2. The van der Waals surface area contributed by atoms with Crippen LogP contribution < -0.4 is 10.9 Å². The van der Waals surface area contributed by atoms with E-state index < -0.39 is 0 Å². The number of benzene rings is 3. The van der Waals surface area contributed by atoms with Crippen molar-refractivity contribution < 1.29 is 5.11 Å². The predicted octanol–water partition coefficient (Wildman–Crippen LogP) is 5.26. The zero-order valence-electron chi connectivity index (χ0n) is 17.7. The maximum Gasteiger partial charge on any atom is 0.263 e. The van der Waals surface area contributed by atoms with E-state index in [9.17, 15) is 9.90 Å². The number of anilines is 1. The number of nitrogens with zero attached hydrogens (tertiary/aromatic N) is 2. The molecule has 2 heterocycles. The van der Waals surface area contributed by atoms with Gasteiger partial charge in [0, 0.05) is 18.9 Å². The Morgan fingerprint density at radius 3 is 2.56 bits per heavy atom. The predicted molar refractivity (Wildman–Crippen MR) is 131 cm³/mol. The van der Waals surface area contributed by atoms with Crippen molar-refractivity contribution in [1.29, 1.82) is 0 Å². The van der Waals surface area contributed by atoms with Gasteiger partial charge in [0.2, 0.25) is 0 Å². The third kappa shape index (κ3) is 3.58. The Kier molecular flexibility index (Phi) is 5.07. The number of para-hydroxylation sites is 3. The third-order valence-electron chi connectivity index (χ3n) is 5.80. The number of aryl methyl sites for hydroxylation is 1. The zero-order chi connectivity index (χ0) is 22.1. The van der Waals surface area contributed by atoms with Crippen LogP contribution in [-0.4, -0.2) is 21.4 Å². The number of aliphatic imine (C=N–C) groups is 1. The summed E-state index contributed by atoms with van der Waals surface area (Å²) in [5.74, 6) is -0.0207. The number of nitrogens with one attached hydrogen (secondary N) is 1. The van der Waals surface area contributed by atoms with Crippen molar-refractivity contribution in [2.75, 3.05) is 5.32 Å². The summed E-state index contributed by atoms with van der Waals surface area (Å²) in [4.78, 5) is 18.1. The topological polar surface area (TPSA) is 66.6 Å². The number of aromatic nitrogens is 1. The number of fused-ring (bicyclic) bond motifs is 2. The Hall–Kier alpha value is -4.12. The van der Waals surface area contributed by atoms with Gasteiger partial charge in [-0.15, -0.1) is 0 Å². The molecule has 0 aliphatic carbocycles. The molecule has 4 aromatic rings. The lowest BCUT2D eigenvalue weighted by Crippen LogP contribution is -2.28. The second-order valence-corrected chi connectivity index (χ2v) is 7.91. The summed E-state index contributed by atoms with van der Waals surface area (Å²) in [6.45, 7) is 0. The average molecular weight is 422 g/mol. The lowest BCUT2D eigenvalue weighted by atomic mass is 10.00. The fourth-order valence-corrected chi connectivity index (χ4v) is 4.15. The Morgan fingerprint density at radius 2 is 1.72 bits per heavy atom. The molecule has 0 fully saturated rings. The summed E-state index contributed by atoms with van der Waals surface area (Å²) in [6, 6.07) is 25.1. The van der Waals surface area contributed by atoms with Crippen LogP contribution in [0.3, 0.4) is 0 Å². The van der Waals surface area contributed by atoms with Crippen LogP contribution in [0.1, 0.15) is 17.5 Å². The number of hydrogen-bond acceptors (Lipinski definition) is 4. The highest BCUT2D eigenvalue weighted by molar-refractivity contribution is 6.09. The van der Waals surface area contributed by atoms with Crippen LogP contribution in [0.5, 0.6) is 5.75 Å². The lowest BCUT2D eigenvalue weighted by Gasteiger charge is -2.16. The van der Waals surface area contributed by atoms with E-state index in [2.05, 4.69) is 17.5 Å². The molecule has 0 amide bonds. The van der Waals surface area contributed by atoms with Crippen LogP contribution in [0.2, 0.25) is 0 Å². The Balaban J connectivity index is 1.65. The maximum absolute atomic E-state index is 13.3. The van der Waals surface area contributed by atoms with Gasteiger partial charge in [0.25, 0.3) is 5.56 Å². The normalized spacial score (nSPS) is 15.8. The molecule has 32 heavy (non-hydrogen) atoms. The van der Waals surface area contributed by atoms with E-state index in [1.165, 1.54) is 0 Å². The SMILES string of the molecule is Cn1c(=O)c(C2=Nc3ccccc3N[C@@H](/C=C/c3ccccc3)C2)c(O)c2ccccc21. The molecule has 1 atom stereocenters. The molecule has 158 valence electrons. The molecule has 1 aliphatic rings. The number of aromatic hydroxyl groups is 1.